The highest BCUT2D eigenvalue weighted by atomic mass is 16.5. The first-order chi connectivity index (χ1) is 14.9. The summed E-state index contributed by atoms with van der Waals surface area (Å²) in [5.41, 5.74) is 11.3. The van der Waals surface area contributed by atoms with E-state index in [1.165, 1.54) is 0 Å². The van der Waals surface area contributed by atoms with Crippen LogP contribution in [-0.2, 0) is 11.3 Å². The zero-order valence-electron chi connectivity index (χ0n) is 17.8. The number of imidazole rings is 1. The van der Waals surface area contributed by atoms with Gasteiger partial charge in [0, 0.05) is 30.5 Å². The molecule has 1 unspecified atom stereocenters. The molecule has 1 aliphatic heterocycles. The number of nitrogen functional groups attached to an aromatic ring is 1. The first-order valence-electron chi connectivity index (χ1n) is 10.5. The van der Waals surface area contributed by atoms with Crippen LogP contribution in [0, 0.1) is 5.92 Å². The molecule has 0 amide bonds. The third-order valence-electron chi connectivity index (χ3n) is 5.58. The van der Waals surface area contributed by atoms with Crippen molar-refractivity contribution in [3.8, 4) is 17.0 Å². The Balaban J connectivity index is 1.67. The fourth-order valence-corrected chi connectivity index (χ4v) is 4.02. The number of nitrogens with zero attached hydrogens (tertiary/aromatic N) is 3. The number of nitrogens with two attached hydrogens (primary N) is 1. The lowest BCUT2D eigenvalue weighted by molar-refractivity contribution is -0.143. The van der Waals surface area contributed by atoms with E-state index in [9.17, 15) is 9.90 Å². The predicted molar refractivity (Wildman–Crippen MR) is 121 cm³/mol. The average Bonchev–Trinajstić information content (AvgIpc) is 3.10. The van der Waals surface area contributed by atoms with Gasteiger partial charge in [-0.25, -0.2) is 4.98 Å². The lowest BCUT2D eigenvalue weighted by Gasteiger charge is -2.30. The number of rotatable bonds is 7. The molecule has 4 rings (SSSR count). The first kappa shape index (κ1) is 20.9. The van der Waals surface area contributed by atoms with Crippen LogP contribution in [-0.4, -0.2) is 45.1 Å². The van der Waals surface area contributed by atoms with Crippen LogP contribution in [0.25, 0.3) is 16.9 Å². The van der Waals surface area contributed by atoms with Gasteiger partial charge in [-0.3, -0.25) is 9.69 Å². The number of aliphatic carboxylic acids is 1. The zero-order chi connectivity index (χ0) is 22.0. The lowest BCUT2D eigenvalue weighted by Crippen LogP contribution is -2.38. The van der Waals surface area contributed by atoms with Gasteiger partial charge in [0.05, 0.1) is 17.3 Å². The van der Waals surface area contributed by atoms with Crippen LogP contribution in [0.3, 0.4) is 0 Å². The molecule has 1 aromatic carbocycles. The van der Waals surface area contributed by atoms with Crippen molar-refractivity contribution in [1.29, 1.82) is 0 Å². The van der Waals surface area contributed by atoms with Crippen molar-refractivity contribution < 1.29 is 14.6 Å². The number of carbonyl (C=O) groups is 1. The third-order valence-corrected chi connectivity index (χ3v) is 5.58. The van der Waals surface area contributed by atoms with E-state index in [1.54, 1.807) is 0 Å². The Bertz CT molecular complexity index is 1100. The Labute approximate surface area is 181 Å². The summed E-state index contributed by atoms with van der Waals surface area (Å²) in [5.74, 6) is -0.273. The van der Waals surface area contributed by atoms with Gasteiger partial charge < -0.3 is 20.0 Å². The van der Waals surface area contributed by atoms with Gasteiger partial charge in [0.25, 0.3) is 0 Å². The van der Waals surface area contributed by atoms with E-state index < -0.39 is 5.97 Å². The number of pyridine rings is 1. The highest BCUT2D eigenvalue weighted by Crippen LogP contribution is 2.29. The summed E-state index contributed by atoms with van der Waals surface area (Å²) in [6.45, 7) is 8.29. The molecule has 7 heteroatoms. The summed E-state index contributed by atoms with van der Waals surface area (Å²) in [5, 5.41) is 9.45. The number of carboxylic acid groups (broad SMARTS) is 1. The molecule has 0 spiro atoms. The third kappa shape index (κ3) is 4.72. The number of anilines is 1. The molecule has 3 aromatic rings. The highest BCUT2D eigenvalue weighted by Gasteiger charge is 2.27. The van der Waals surface area contributed by atoms with Crippen LogP contribution in [0.1, 0.15) is 25.5 Å². The van der Waals surface area contributed by atoms with Crippen molar-refractivity contribution in [2.45, 2.75) is 26.3 Å². The number of aromatic nitrogens is 2. The molecule has 1 fully saturated rings. The second-order valence-corrected chi connectivity index (χ2v) is 8.28. The maximum Gasteiger partial charge on any atom is 0.307 e. The Kier molecular flexibility index (Phi) is 5.95. The van der Waals surface area contributed by atoms with Crippen molar-refractivity contribution in [2.24, 2.45) is 5.92 Å². The van der Waals surface area contributed by atoms with Gasteiger partial charge in [0.15, 0.2) is 0 Å². The Morgan fingerprint density at radius 3 is 2.77 bits per heavy atom. The summed E-state index contributed by atoms with van der Waals surface area (Å²) < 4.78 is 7.73. The van der Waals surface area contributed by atoms with Crippen molar-refractivity contribution in [3.05, 3.63) is 60.4 Å². The van der Waals surface area contributed by atoms with E-state index in [0.717, 1.165) is 53.3 Å². The number of ether oxygens (including phenoxy) is 1. The Morgan fingerprint density at radius 2 is 2.06 bits per heavy atom. The average molecular weight is 421 g/mol. The SMILES string of the molecule is C=C(C)COc1ccc(-c2nc3ccc(N)cn3c2CN2CCCC(C(=O)O)C2)cc1. The molecule has 162 valence electrons. The smallest absolute Gasteiger partial charge is 0.307 e. The van der Waals surface area contributed by atoms with Gasteiger partial charge in [-0.2, -0.15) is 0 Å². The van der Waals surface area contributed by atoms with E-state index in [1.807, 2.05) is 53.9 Å². The van der Waals surface area contributed by atoms with Crippen LogP contribution in [0.2, 0.25) is 0 Å². The normalized spacial score (nSPS) is 17.0. The Hall–Kier alpha value is -3.32. The number of fused-ring (bicyclic) bond motifs is 1. The molecular weight excluding hydrogens is 392 g/mol. The molecule has 1 aliphatic rings. The van der Waals surface area contributed by atoms with Crippen LogP contribution in [0.5, 0.6) is 5.75 Å². The standard InChI is InChI=1S/C24H28N4O3/c1-16(2)15-31-20-8-5-17(6-9-20)23-21(28-13-19(25)7-10-22(28)26-23)14-27-11-3-4-18(12-27)24(29)30/h5-10,13,18H,1,3-4,11-12,14-15,25H2,2H3,(H,29,30). The van der Waals surface area contributed by atoms with Gasteiger partial charge in [-0.15, -0.1) is 0 Å². The number of hydrogen-bond donors (Lipinski definition) is 2. The summed E-state index contributed by atoms with van der Waals surface area (Å²) in [6.07, 6.45) is 3.48. The first-order valence-corrected chi connectivity index (χ1v) is 10.5. The van der Waals surface area contributed by atoms with Crippen LogP contribution in [0.15, 0.2) is 54.7 Å². The molecule has 1 saturated heterocycles. The van der Waals surface area contributed by atoms with Crippen molar-refractivity contribution >= 4 is 17.3 Å². The van der Waals surface area contributed by atoms with Crippen LogP contribution >= 0.6 is 0 Å². The fourth-order valence-electron chi connectivity index (χ4n) is 4.02. The molecule has 0 aliphatic carbocycles. The maximum atomic E-state index is 11.5. The Morgan fingerprint density at radius 1 is 1.29 bits per heavy atom. The second kappa shape index (κ2) is 8.81. The summed E-state index contributed by atoms with van der Waals surface area (Å²) in [4.78, 5) is 18.6. The number of piperidine rings is 1. The number of carboxylic acids is 1. The van der Waals surface area contributed by atoms with Crippen LogP contribution in [0.4, 0.5) is 5.69 Å². The van der Waals surface area contributed by atoms with Crippen LogP contribution < -0.4 is 10.5 Å². The molecular formula is C24H28N4O3. The minimum absolute atomic E-state index is 0.328. The van der Waals surface area contributed by atoms with Gasteiger partial charge in [0.2, 0.25) is 0 Å². The molecule has 1 atom stereocenters. The predicted octanol–water partition coefficient (Wildman–Crippen LogP) is 3.84. The van der Waals surface area contributed by atoms with Crippen molar-refractivity contribution in [2.75, 3.05) is 25.4 Å². The number of hydrogen-bond acceptors (Lipinski definition) is 5. The quantitative estimate of drug-likeness (QED) is 0.564. The monoisotopic (exact) mass is 420 g/mol. The molecule has 3 N–H and O–H groups in total. The minimum Gasteiger partial charge on any atom is -0.489 e. The van der Waals surface area contributed by atoms with Crippen molar-refractivity contribution in [3.63, 3.8) is 0 Å². The van der Waals surface area contributed by atoms with Gasteiger partial charge >= 0.3 is 5.97 Å². The minimum atomic E-state index is -0.724. The molecule has 3 heterocycles. The van der Waals surface area contributed by atoms with Gasteiger partial charge in [-0.1, -0.05) is 6.58 Å². The zero-order valence-corrected chi connectivity index (χ0v) is 17.8. The molecule has 2 aromatic heterocycles. The van der Waals surface area contributed by atoms with E-state index >= 15 is 0 Å². The fraction of sp³-hybridized carbons (Fsp3) is 0.333. The topological polar surface area (TPSA) is 93.1 Å². The van der Waals surface area contributed by atoms with Crippen molar-refractivity contribution in [1.82, 2.24) is 14.3 Å². The summed E-state index contributed by atoms with van der Waals surface area (Å²) >= 11 is 0. The van der Waals surface area contributed by atoms with E-state index in [-0.39, 0.29) is 5.92 Å². The molecule has 0 radical (unpaired) electrons. The molecule has 31 heavy (non-hydrogen) atoms. The van der Waals surface area contributed by atoms with E-state index in [4.69, 9.17) is 15.5 Å². The number of likely N-dealkylation sites (tertiary alicyclic amines) is 1. The van der Waals surface area contributed by atoms with E-state index in [0.29, 0.717) is 25.4 Å². The molecule has 7 nitrogen and oxygen atoms in total. The lowest BCUT2D eigenvalue weighted by atomic mass is 9.98. The summed E-state index contributed by atoms with van der Waals surface area (Å²) in [6, 6.07) is 11.6. The largest absolute Gasteiger partial charge is 0.489 e. The molecule has 0 saturated carbocycles. The highest BCUT2D eigenvalue weighted by molar-refractivity contribution is 5.70. The maximum absolute atomic E-state index is 11.5. The number of benzene rings is 1. The summed E-state index contributed by atoms with van der Waals surface area (Å²) in [7, 11) is 0. The molecule has 0 bridgehead atoms. The van der Waals surface area contributed by atoms with Gasteiger partial charge in [-0.05, 0) is 68.3 Å². The second-order valence-electron chi connectivity index (χ2n) is 8.28. The van der Waals surface area contributed by atoms with Gasteiger partial charge in [0.1, 0.15) is 18.0 Å². The van der Waals surface area contributed by atoms with E-state index in [2.05, 4.69) is 11.5 Å².